The van der Waals surface area contributed by atoms with E-state index in [0.717, 1.165) is 0 Å². The summed E-state index contributed by atoms with van der Waals surface area (Å²) in [5.41, 5.74) is 0.0931. The summed E-state index contributed by atoms with van der Waals surface area (Å²) in [6.07, 6.45) is 2.78. The first-order valence-corrected chi connectivity index (χ1v) is 2.93. The summed E-state index contributed by atoms with van der Waals surface area (Å²) in [4.78, 5) is 13.9. The summed E-state index contributed by atoms with van der Waals surface area (Å²) in [5.74, 6) is -1.01. The van der Waals surface area contributed by atoms with Crippen LogP contribution in [0.4, 0.5) is 0 Å². The number of carboxylic acids is 1. The third kappa shape index (κ3) is 1.89. The van der Waals surface area contributed by atoms with Crippen LogP contribution in [0.25, 0.3) is 0 Å². The highest BCUT2D eigenvalue weighted by Crippen LogP contribution is 1.93. The minimum absolute atomic E-state index is 0.0931. The Bertz CT molecular complexity index is 265. The second-order valence-corrected chi connectivity index (χ2v) is 2.00. The lowest BCUT2D eigenvalue weighted by Gasteiger charge is -1.97. The van der Waals surface area contributed by atoms with E-state index >= 15 is 0 Å². The predicted octanol–water partition coefficient (Wildman–Crippen LogP) is -0.0811. The van der Waals surface area contributed by atoms with E-state index in [4.69, 9.17) is 5.11 Å². The molecule has 1 N–H and O–H groups in total. The first-order valence-electron chi connectivity index (χ1n) is 2.93. The van der Waals surface area contributed by atoms with Gasteiger partial charge in [-0.3, -0.25) is 0 Å². The van der Waals surface area contributed by atoms with Gasteiger partial charge in [0.05, 0.1) is 12.1 Å². The molecule has 0 radical (unpaired) electrons. The largest absolute Gasteiger partial charge is 0.478 e. The van der Waals surface area contributed by atoms with Crippen molar-refractivity contribution >= 4 is 5.97 Å². The summed E-state index contributed by atoms with van der Waals surface area (Å²) in [6.45, 7) is 3.52. The number of aliphatic carboxylic acids is 1. The molecule has 0 aliphatic rings. The number of nitrogens with zero attached hydrogens (tertiary/aromatic N) is 3. The molecule has 0 aliphatic carbocycles. The highest BCUT2D eigenvalue weighted by molar-refractivity contribution is 5.85. The zero-order valence-corrected chi connectivity index (χ0v) is 5.77. The second kappa shape index (κ2) is 2.96. The van der Waals surface area contributed by atoms with Crippen LogP contribution in [0.1, 0.15) is 0 Å². The maximum Gasteiger partial charge on any atom is 0.332 e. The number of hydrogen-bond donors (Lipinski definition) is 1. The Morgan fingerprint density at radius 3 is 2.91 bits per heavy atom. The topological polar surface area (TPSA) is 68.0 Å². The first-order chi connectivity index (χ1) is 5.20. The molecule has 11 heavy (non-hydrogen) atoms. The van der Waals surface area contributed by atoms with Crippen molar-refractivity contribution < 1.29 is 9.90 Å². The molecule has 5 nitrogen and oxygen atoms in total. The van der Waals surface area contributed by atoms with Gasteiger partial charge in [0.25, 0.3) is 0 Å². The van der Waals surface area contributed by atoms with Crippen molar-refractivity contribution in [2.75, 3.05) is 0 Å². The Morgan fingerprint density at radius 1 is 1.73 bits per heavy atom. The quantitative estimate of drug-likeness (QED) is 0.616. The fourth-order valence-electron chi connectivity index (χ4n) is 0.578. The monoisotopic (exact) mass is 153 g/mol. The Hall–Kier alpha value is -1.65. The molecule has 0 spiro atoms. The lowest BCUT2D eigenvalue weighted by molar-refractivity contribution is -0.132. The van der Waals surface area contributed by atoms with Gasteiger partial charge in [-0.05, 0) is 0 Å². The molecule has 0 unspecified atom stereocenters. The number of hydrogen-bond acceptors (Lipinski definition) is 3. The van der Waals surface area contributed by atoms with Gasteiger partial charge in [-0.2, -0.15) is 5.10 Å². The molecule has 5 heteroatoms. The van der Waals surface area contributed by atoms with Crippen molar-refractivity contribution in [2.24, 2.45) is 0 Å². The van der Waals surface area contributed by atoms with Gasteiger partial charge in [-0.15, -0.1) is 0 Å². The van der Waals surface area contributed by atoms with E-state index in [-0.39, 0.29) is 12.1 Å². The minimum Gasteiger partial charge on any atom is -0.478 e. The lowest BCUT2D eigenvalue weighted by atomic mass is 10.3. The summed E-state index contributed by atoms with van der Waals surface area (Å²) < 4.78 is 1.40. The van der Waals surface area contributed by atoms with Gasteiger partial charge in [0, 0.05) is 0 Å². The summed E-state index contributed by atoms with van der Waals surface area (Å²) in [6, 6.07) is 0. The molecule has 1 aromatic rings. The molecule has 1 heterocycles. The fraction of sp³-hybridized carbons (Fsp3) is 0.167. The van der Waals surface area contributed by atoms with Crippen molar-refractivity contribution in [1.29, 1.82) is 0 Å². The van der Waals surface area contributed by atoms with E-state index < -0.39 is 5.97 Å². The normalized spacial score (nSPS) is 9.45. The highest BCUT2D eigenvalue weighted by atomic mass is 16.4. The van der Waals surface area contributed by atoms with E-state index in [9.17, 15) is 4.79 Å². The van der Waals surface area contributed by atoms with E-state index in [1.807, 2.05) is 0 Å². The van der Waals surface area contributed by atoms with Crippen LogP contribution in [0, 0.1) is 0 Å². The number of carbonyl (C=O) groups is 1. The van der Waals surface area contributed by atoms with Gasteiger partial charge < -0.3 is 5.11 Å². The summed E-state index contributed by atoms with van der Waals surface area (Å²) in [7, 11) is 0. The van der Waals surface area contributed by atoms with Crippen molar-refractivity contribution in [1.82, 2.24) is 14.8 Å². The third-order valence-corrected chi connectivity index (χ3v) is 1.12. The SMILES string of the molecule is C=C(Cn1cncn1)C(=O)O. The van der Waals surface area contributed by atoms with Gasteiger partial charge >= 0.3 is 5.97 Å². The molecule has 1 rings (SSSR count). The van der Waals surface area contributed by atoms with Gasteiger partial charge in [0.1, 0.15) is 12.7 Å². The van der Waals surface area contributed by atoms with E-state index in [2.05, 4.69) is 16.7 Å². The van der Waals surface area contributed by atoms with Crippen LogP contribution in [0.5, 0.6) is 0 Å². The van der Waals surface area contributed by atoms with Crippen LogP contribution < -0.4 is 0 Å². The molecule has 0 saturated carbocycles. The van der Waals surface area contributed by atoms with Crippen LogP contribution >= 0.6 is 0 Å². The Morgan fingerprint density at radius 2 is 2.45 bits per heavy atom. The minimum atomic E-state index is -1.01. The molecule has 0 saturated heterocycles. The smallest absolute Gasteiger partial charge is 0.332 e. The van der Waals surface area contributed by atoms with Crippen LogP contribution in [-0.2, 0) is 11.3 Å². The molecule has 0 aliphatic heterocycles. The summed E-state index contributed by atoms with van der Waals surface area (Å²) >= 11 is 0. The first kappa shape index (κ1) is 7.46. The van der Waals surface area contributed by atoms with Crippen LogP contribution in [0.3, 0.4) is 0 Å². The number of carboxylic acid groups (broad SMARTS) is 1. The van der Waals surface area contributed by atoms with Gasteiger partial charge in [0.2, 0.25) is 0 Å². The Labute approximate surface area is 63.0 Å². The maximum atomic E-state index is 10.3. The van der Waals surface area contributed by atoms with Gasteiger partial charge in [-0.25, -0.2) is 14.5 Å². The summed E-state index contributed by atoms with van der Waals surface area (Å²) in [5, 5.41) is 12.1. The molecule has 0 atom stereocenters. The van der Waals surface area contributed by atoms with E-state index in [0.29, 0.717) is 0 Å². The van der Waals surface area contributed by atoms with Crippen LogP contribution in [0.2, 0.25) is 0 Å². The number of aromatic nitrogens is 3. The Kier molecular flexibility index (Phi) is 2.00. The molecule has 58 valence electrons. The standard InChI is InChI=1S/C6H7N3O2/c1-5(6(10)11)2-9-4-7-3-8-9/h3-4H,1-2H2,(H,10,11). The fourth-order valence-corrected chi connectivity index (χ4v) is 0.578. The van der Waals surface area contributed by atoms with Crippen molar-refractivity contribution in [3.8, 4) is 0 Å². The van der Waals surface area contributed by atoms with Crippen LogP contribution in [0.15, 0.2) is 24.8 Å². The molecular formula is C6H7N3O2. The number of rotatable bonds is 3. The van der Waals surface area contributed by atoms with Crippen molar-refractivity contribution in [3.63, 3.8) is 0 Å². The molecule has 0 aromatic carbocycles. The van der Waals surface area contributed by atoms with E-state index in [1.165, 1.54) is 17.3 Å². The van der Waals surface area contributed by atoms with Gasteiger partial charge in [-0.1, -0.05) is 6.58 Å². The van der Waals surface area contributed by atoms with E-state index in [1.54, 1.807) is 0 Å². The third-order valence-electron chi connectivity index (χ3n) is 1.12. The average molecular weight is 153 g/mol. The Balaban J connectivity index is 2.57. The maximum absolute atomic E-state index is 10.3. The molecule has 1 aromatic heterocycles. The van der Waals surface area contributed by atoms with Crippen molar-refractivity contribution in [3.05, 3.63) is 24.8 Å². The zero-order valence-electron chi connectivity index (χ0n) is 5.77. The molecule has 0 bridgehead atoms. The average Bonchev–Trinajstić information content (AvgIpc) is 2.39. The second-order valence-electron chi connectivity index (χ2n) is 2.00. The molecular weight excluding hydrogens is 146 g/mol. The van der Waals surface area contributed by atoms with Gasteiger partial charge in [0.15, 0.2) is 0 Å². The lowest BCUT2D eigenvalue weighted by Crippen LogP contribution is -2.08. The highest BCUT2D eigenvalue weighted by Gasteiger charge is 2.03. The van der Waals surface area contributed by atoms with Crippen molar-refractivity contribution in [2.45, 2.75) is 6.54 Å². The molecule has 0 amide bonds. The van der Waals surface area contributed by atoms with Crippen LogP contribution in [-0.4, -0.2) is 25.8 Å². The molecule has 0 fully saturated rings. The predicted molar refractivity (Wildman–Crippen MR) is 36.8 cm³/mol. The zero-order chi connectivity index (χ0) is 8.27.